The second-order valence-electron chi connectivity index (χ2n) is 11.1. The minimum Gasteiger partial charge on any atom is -0.446 e. The van der Waals surface area contributed by atoms with Gasteiger partial charge in [0.25, 0.3) is 0 Å². The predicted octanol–water partition coefficient (Wildman–Crippen LogP) is 5.34. The molecular weight excluding hydrogens is 562 g/mol. The lowest BCUT2D eigenvalue weighted by molar-refractivity contribution is 0.0784. The molecule has 6 rings (SSSR count). The summed E-state index contributed by atoms with van der Waals surface area (Å²) in [6.45, 7) is 7.78. The highest BCUT2D eigenvalue weighted by Crippen LogP contribution is 2.33. The Kier molecular flexibility index (Phi) is 7.24. The van der Waals surface area contributed by atoms with E-state index in [-0.39, 0.29) is 24.7 Å². The molecule has 1 aliphatic heterocycles. The molecule has 1 atom stereocenters. The van der Waals surface area contributed by atoms with Crippen molar-refractivity contribution >= 4 is 25.6 Å². The number of carbonyl (C=O) groups excluding carboxylic acids is 1. The standard InChI is InChI=1S/C28H28F2N8O3Si/c1-42(2,3)11-10-40-17-36-16-32-26(35-36)20-6-4-18(12-22(20)30)21-14-33-37-9-8-25(34-27(21)37)38-24(15-41-28(38)39)23-7-5-19(29)13-31-23/h4-9,12-14,16,24H,10-11,15,17H2,1-3H3. The van der Waals surface area contributed by atoms with Crippen LogP contribution >= 0.6 is 0 Å². The van der Waals surface area contributed by atoms with E-state index < -0.39 is 31.8 Å². The second-order valence-corrected chi connectivity index (χ2v) is 16.7. The summed E-state index contributed by atoms with van der Waals surface area (Å²) in [6, 6.07) is 9.57. The number of cyclic esters (lactones) is 1. The Balaban J connectivity index is 1.24. The van der Waals surface area contributed by atoms with Gasteiger partial charge in [-0.3, -0.25) is 4.98 Å². The zero-order valence-electron chi connectivity index (χ0n) is 23.2. The average Bonchev–Trinajstić information content (AvgIpc) is 3.69. The van der Waals surface area contributed by atoms with Crippen molar-refractivity contribution in [1.29, 1.82) is 0 Å². The third-order valence-corrected chi connectivity index (χ3v) is 8.55. The summed E-state index contributed by atoms with van der Waals surface area (Å²) in [4.78, 5) is 27.0. The van der Waals surface area contributed by atoms with E-state index >= 15 is 4.39 Å². The van der Waals surface area contributed by atoms with Gasteiger partial charge in [0.1, 0.15) is 43.2 Å². The molecule has 0 saturated carbocycles. The average molecular weight is 591 g/mol. The summed E-state index contributed by atoms with van der Waals surface area (Å²) in [7, 11) is -1.20. The van der Waals surface area contributed by atoms with Crippen molar-refractivity contribution in [1.82, 2.24) is 34.3 Å². The fraction of sp³-hybridized carbons (Fsp3) is 0.286. The second kappa shape index (κ2) is 11.0. The number of nitrogens with zero attached hydrogens (tertiary/aromatic N) is 8. The quantitative estimate of drug-likeness (QED) is 0.167. The minimum atomic E-state index is -1.20. The highest BCUT2D eigenvalue weighted by Gasteiger charge is 2.37. The molecule has 0 N–H and O–H groups in total. The summed E-state index contributed by atoms with van der Waals surface area (Å²) < 4.78 is 42.8. The summed E-state index contributed by atoms with van der Waals surface area (Å²) >= 11 is 0. The molecule has 216 valence electrons. The van der Waals surface area contributed by atoms with Crippen LogP contribution in [0.4, 0.5) is 19.4 Å². The zero-order valence-corrected chi connectivity index (χ0v) is 24.2. The molecule has 0 aliphatic carbocycles. The Hall–Kier alpha value is -4.56. The number of amides is 1. The SMILES string of the molecule is C[Si](C)(C)CCOCn1cnc(-c2ccc(-c3cnn4ccc(N5C(=O)OCC5c5ccc(F)cn5)nc34)cc2F)n1. The van der Waals surface area contributed by atoms with Crippen molar-refractivity contribution in [2.45, 2.75) is 38.5 Å². The van der Waals surface area contributed by atoms with Crippen LogP contribution in [-0.2, 0) is 16.2 Å². The fourth-order valence-corrected chi connectivity index (χ4v) is 5.31. The monoisotopic (exact) mass is 590 g/mol. The number of aromatic nitrogens is 7. The van der Waals surface area contributed by atoms with E-state index in [9.17, 15) is 9.18 Å². The van der Waals surface area contributed by atoms with E-state index in [2.05, 4.69) is 44.8 Å². The first-order valence-corrected chi connectivity index (χ1v) is 17.1. The number of pyridine rings is 1. The molecule has 5 aromatic rings. The summed E-state index contributed by atoms with van der Waals surface area (Å²) in [5.74, 6) is -0.447. The van der Waals surface area contributed by atoms with E-state index in [0.29, 0.717) is 34.9 Å². The van der Waals surface area contributed by atoms with Crippen LogP contribution in [0.2, 0.25) is 25.7 Å². The molecule has 4 aromatic heterocycles. The molecular formula is C28H28F2N8O3Si. The van der Waals surface area contributed by atoms with Crippen molar-refractivity contribution in [3.63, 3.8) is 0 Å². The molecule has 1 aromatic carbocycles. The third kappa shape index (κ3) is 5.62. The maximum Gasteiger partial charge on any atom is 0.416 e. The van der Waals surface area contributed by atoms with Gasteiger partial charge in [-0.2, -0.15) is 5.10 Å². The number of benzene rings is 1. The van der Waals surface area contributed by atoms with E-state index in [1.165, 1.54) is 33.9 Å². The van der Waals surface area contributed by atoms with Crippen LogP contribution in [0.15, 0.2) is 61.3 Å². The van der Waals surface area contributed by atoms with Gasteiger partial charge >= 0.3 is 6.09 Å². The third-order valence-electron chi connectivity index (χ3n) is 6.84. The Morgan fingerprint density at radius 3 is 2.69 bits per heavy atom. The van der Waals surface area contributed by atoms with Crippen molar-refractivity contribution in [3.05, 3.63) is 78.6 Å². The van der Waals surface area contributed by atoms with Gasteiger partial charge < -0.3 is 9.47 Å². The van der Waals surface area contributed by atoms with E-state index in [0.717, 1.165) is 12.2 Å². The van der Waals surface area contributed by atoms with Gasteiger partial charge in [-0.1, -0.05) is 25.7 Å². The zero-order chi connectivity index (χ0) is 29.4. The van der Waals surface area contributed by atoms with Crippen molar-refractivity contribution in [2.24, 2.45) is 0 Å². The normalized spacial score (nSPS) is 15.5. The van der Waals surface area contributed by atoms with Crippen LogP contribution in [-0.4, -0.2) is 61.7 Å². The Labute approximate surface area is 240 Å². The van der Waals surface area contributed by atoms with Crippen LogP contribution in [0.5, 0.6) is 0 Å². The van der Waals surface area contributed by atoms with Gasteiger partial charge in [0, 0.05) is 26.4 Å². The topological polar surface area (TPSA) is 113 Å². The molecule has 1 fully saturated rings. The first-order valence-electron chi connectivity index (χ1n) is 13.4. The van der Waals surface area contributed by atoms with Gasteiger partial charge in [-0.15, -0.1) is 5.10 Å². The van der Waals surface area contributed by atoms with E-state index in [1.54, 1.807) is 35.3 Å². The first-order chi connectivity index (χ1) is 20.2. The summed E-state index contributed by atoms with van der Waals surface area (Å²) in [5, 5.41) is 8.70. The number of rotatable bonds is 9. The molecule has 1 aliphatic rings. The van der Waals surface area contributed by atoms with E-state index in [1.807, 2.05) is 0 Å². The molecule has 11 nitrogen and oxygen atoms in total. The lowest BCUT2D eigenvalue weighted by atomic mass is 10.1. The molecule has 0 radical (unpaired) electrons. The van der Waals surface area contributed by atoms with Gasteiger partial charge in [-0.05, 0) is 41.9 Å². The smallest absolute Gasteiger partial charge is 0.416 e. The lowest BCUT2D eigenvalue weighted by Crippen LogP contribution is -2.28. The van der Waals surface area contributed by atoms with Gasteiger partial charge in [-0.25, -0.2) is 37.6 Å². The minimum absolute atomic E-state index is 0.0392. The number of fused-ring (bicyclic) bond motifs is 1. The number of anilines is 1. The molecule has 0 spiro atoms. The van der Waals surface area contributed by atoms with Crippen molar-refractivity contribution < 1.29 is 23.0 Å². The predicted molar refractivity (Wildman–Crippen MR) is 152 cm³/mol. The van der Waals surface area contributed by atoms with Crippen LogP contribution in [0, 0.1) is 11.6 Å². The number of ether oxygens (including phenoxy) is 2. The first kappa shape index (κ1) is 27.6. The number of halogens is 2. The fourth-order valence-electron chi connectivity index (χ4n) is 4.55. The largest absolute Gasteiger partial charge is 0.446 e. The van der Waals surface area contributed by atoms with Crippen LogP contribution in [0.1, 0.15) is 11.7 Å². The number of hydrogen-bond donors (Lipinski definition) is 0. The van der Waals surface area contributed by atoms with Gasteiger partial charge in [0.2, 0.25) is 0 Å². The maximum atomic E-state index is 15.4. The number of carbonyl (C=O) groups is 1. The van der Waals surface area contributed by atoms with Gasteiger partial charge in [0.15, 0.2) is 11.5 Å². The Morgan fingerprint density at radius 1 is 1.07 bits per heavy atom. The van der Waals surface area contributed by atoms with Crippen molar-refractivity contribution in [2.75, 3.05) is 18.1 Å². The molecule has 1 amide bonds. The molecule has 5 heterocycles. The van der Waals surface area contributed by atoms with Gasteiger partial charge in [0.05, 0.1) is 23.7 Å². The highest BCUT2D eigenvalue weighted by molar-refractivity contribution is 6.76. The highest BCUT2D eigenvalue weighted by atomic mass is 28.3. The van der Waals surface area contributed by atoms with Crippen molar-refractivity contribution in [3.8, 4) is 22.5 Å². The number of hydrogen-bond acceptors (Lipinski definition) is 8. The Morgan fingerprint density at radius 2 is 1.93 bits per heavy atom. The molecule has 0 bridgehead atoms. The summed E-state index contributed by atoms with van der Waals surface area (Å²) in [6.07, 6.45) is 5.23. The Bertz CT molecular complexity index is 1750. The summed E-state index contributed by atoms with van der Waals surface area (Å²) in [5.41, 5.74) is 2.21. The maximum absolute atomic E-state index is 15.4. The molecule has 1 unspecified atom stereocenters. The lowest BCUT2D eigenvalue weighted by Gasteiger charge is -2.20. The molecule has 42 heavy (non-hydrogen) atoms. The van der Waals surface area contributed by atoms with E-state index in [4.69, 9.17) is 9.47 Å². The molecule has 1 saturated heterocycles. The van der Waals surface area contributed by atoms with Crippen LogP contribution in [0.3, 0.4) is 0 Å². The van der Waals surface area contributed by atoms with Crippen LogP contribution < -0.4 is 4.90 Å². The van der Waals surface area contributed by atoms with Crippen LogP contribution in [0.25, 0.3) is 28.2 Å². The molecule has 14 heteroatoms.